The van der Waals surface area contributed by atoms with E-state index in [9.17, 15) is 8.42 Å². The van der Waals surface area contributed by atoms with Gasteiger partial charge in [0.25, 0.3) is 0 Å². The van der Waals surface area contributed by atoms with Gasteiger partial charge in [-0.15, -0.1) is 0 Å². The predicted octanol–water partition coefficient (Wildman–Crippen LogP) is -0.540. The van der Waals surface area contributed by atoms with Crippen molar-refractivity contribution >= 4 is 27.9 Å². The van der Waals surface area contributed by atoms with E-state index in [4.69, 9.17) is 5.14 Å². The van der Waals surface area contributed by atoms with Crippen molar-refractivity contribution < 1.29 is 8.42 Å². The van der Waals surface area contributed by atoms with Crippen molar-refractivity contribution in [3.05, 3.63) is 0 Å². The number of aromatic nitrogens is 3. The lowest BCUT2D eigenvalue weighted by atomic mass is 10.5. The highest BCUT2D eigenvalue weighted by Gasteiger charge is 2.08. The van der Waals surface area contributed by atoms with Crippen LogP contribution in [0.3, 0.4) is 0 Å². The van der Waals surface area contributed by atoms with Crippen LogP contribution in [0.25, 0.3) is 0 Å². The van der Waals surface area contributed by atoms with Crippen LogP contribution in [0.5, 0.6) is 0 Å². The van der Waals surface area contributed by atoms with Crippen LogP contribution < -0.4 is 20.7 Å². The molecule has 0 atom stereocenters. The Morgan fingerprint density at radius 1 is 1.10 bits per heavy atom. The van der Waals surface area contributed by atoms with E-state index in [1.807, 2.05) is 21.0 Å². The molecular weight excluding hydrogens is 282 g/mol. The Bertz CT molecular complexity index is 532. The second-order valence-electron chi connectivity index (χ2n) is 4.40. The predicted molar refractivity (Wildman–Crippen MR) is 79.4 cm³/mol. The Hall–Kier alpha value is -1.68. The Kier molecular flexibility index (Phi) is 5.89. The Balaban J connectivity index is 2.80. The Morgan fingerprint density at radius 2 is 1.65 bits per heavy atom. The van der Waals surface area contributed by atoms with Gasteiger partial charge in [-0.2, -0.15) is 15.0 Å². The molecular formula is C10H21N7O2S. The molecule has 0 spiro atoms. The smallest absolute Gasteiger partial charge is 0.231 e. The van der Waals surface area contributed by atoms with Crippen LogP contribution in [0, 0.1) is 0 Å². The van der Waals surface area contributed by atoms with Crippen molar-refractivity contribution in [1.29, 1.82) is 0 Å². The minimum Gasteiger partial charge on any atom is -0.354 e. The van der Waals surface area contributed by atoms with Crippen LogP contribution in [0.4, 0.5) is 17.8 Å². The van der Waals surface area contributed by atoms with Gasteiger partial charge >= 0.3 is 0 Å². The molecule has 0 radical (unpaired) electrons. The maximum absolute atomic E-state index is 10.9. The molecule has 0 fully saturated rings. The highest BCUT2D eigenvalue weighted by molar-refractivity contribution is 7.89. The summed E-state index contributed by atoms with van der Waals surface area (Å²) in [6.45, 7) is 2.92. The van der Waals surface area contributed by atoms with Crippen LogP contribution in [0.15, 0.2) is 0 Å². The molecule has 114 valence electrons. The van der Waals surface area contributed by atoms with Crippen molar-refractivity contribution in [2.75, 3.05) is 48.5 Å². The number of hydrogen-bond acceptors (Lipinski definition) is 8. The Labute approximate surface area is 119 Å². The summed E-state index contributed by atoms with van der Waals surface area (Å²) in [7, 11) is 0.120. The fraction of sp³-hybridized carbons (Fsp3) is 0.700. The lowest BCUT2D eigenvalue weighted by Gasteiger charge is -2.13. The van der Waals surface area contributed by atoms with Gasteiger partial charge in [0, 0.05) is 27.2 Å². The number of nitrogens with zero attached hydrogens (tertiary/aromatic N) is 4. The third-order valence-corrected chi connectivity index (χ3v) is 3.00. The van der Waals surface area contributed by atoms with E-state index >= 15 is 0 Å². The highest BCUT2D eigenvalue weighted by Crippen LogP contribution is 2.11. The Morgan fingerprint density at radius 3 is 2.10 bits per heavy atom. The number of primary sulfonamides is 1. The van der Waals surface area contributed by atoms with Crippen molar-refractivity contribution in [2.45, 2.75) is 13.3 Å². The molecule has 0 saturated heterocycles. The molecule has 0 aromatic carbocycles. The lowest BCUT2D eigenvalue weighted by molar-refractivity contribution is 0.598. The quantitative estimate of drug-likeness (QED) is 0.584. The minimum atomic E-state index is -3.50. The summed E-state index contributed by atoms with van der Waals surface area (Å²) in [5, 5.41) is 10.8. The van der Waals surface area contributed by atoms with E-state index in [0.717, 1.165) is 13.0 Å². The molecule has 1 aromatic heterocycles. The van der Waals surface area contributed by atoms with Gasteiger partial charge in [0.05, 0.1) is 5.75 Å². The van der Waals surface area contributed by atoms with E-state index in [0.29, 0.717) is 17.8 Å². The second-order valence-corrected chi connectivity index (χ2v) is 6.13. The van der Waals surface area contributed by atoms with E-state index in [2.05, 4.69) is 25.6 Å². The van der Waals surface area contributed by atoms with Gasteiger partial charge in [-0.25, -0.2) is 13.6 Å². The fourth-order valence-electron chi connectivity index (χ4n) is 1.26. The molecule has 4 N–H and O–H groups in total. The fourth-order valence-corrected chi connectivity index (χ4v) is 1.65. The maximum atomic E-state index is 10.9. The molecule has 0 amide bonds. The summed E-state index contributed by atoms with van der Waals surface area (Å²) in [6.07, 6.45) is 0.942. The number of nitrogens with two attached hydrogens (primary N) is 1. The first-order valence-electron chi connectivity index (χ1n) is 6.23. The zero-order valence-electron chi connectivity index (χ0n) is 11.9. The van der Waals surface area contributed by atoms with Crippen molar-refractivity contribution in [3.63, 3.8) is 0 Å². The molecule has 1 heterocycles. The summed E-state index contributed by atoms with van der Waals surface area (Å²) in [6, 6.07) is 0. The van der Waals surface area contributed by atoms with Crippen LogP contribution >= 0.6 is 0 Å². The number of anilines is 3. The molecule has 0 unspecified atom stereocenters. The normalized spacial score (nSPS) is 11.2. The minimum absolute atomic E-state index is 0.142. The van der Waals surface area contributed by atoms with E-state index in [-0.39, 0.29) is 12.3 Å². The van der Waals surface area contributed by atoms with Gasteiger partial charge in [0.1, 0.15) is 0 Å². The highest BCUT2D eigenvalue weighted by atomic mass is 32.2. The monoisotopic (exact) mass is 303 g/mol. The van der Waals surface area contributed by atoms with Gasteiger partial charge < -0.3 is 15.5 Å². The third kappa shape index (κ3) is 5.97. The molecule has 0 aliphatic rings. The topological polar surface area (TPSA) is 126 Å². The first-order chi connectivity index (χ1) is 9.31. The van der Waals surface area contributed by atoms with Gasteiger partial charge in [-0.1, -0.05) is 6.92 Å². The summed E-state index contributed by atoms with van der Waals surface area (Å²) in [4.78, 5) is 14.3. The van der Waals surface area contributed by atoms with Crippen LogP contribution in [-0.2, 0) is 10.0 Å². The van der Waals surface area contributed by atoms with E-state index in [1.165, 1.54) is 0 Å². The van der Waals surface area contributed by atoms with Crippen molar-refractivity contribution in [3.8, 4) is 0 Å². The summed E-state index contributed by atoms with van der Waals surface area (Å²) < 4.78 is 21.7. The molecule has 0 aliphatic heterocycles. The molecule has 1 aromatic rings. The zero-order chi connectivity index (χ0) is 15.2. The largest absolute Gasteiger partial charge is 0.354 e. The van der Waals surface area contributed by atoms with Gasteiger partial charge in [-0.3, -0.25) is 0 Å². The summed E-state index contributed by atoms with van der Waals surface area (Å²) in [5.74, 6) is 1.06. The molecule has 10 heteroatoms. The van der Waals surface area contributed by atoms with E-state index in [1.54, 1.807) is 4.90 Å². The summed E-state index contributed by atoms with van der Waals surface area (Å²) >= 11 is 0. The number of sulfonamides is 1. The standard InChI is InChI=1S/C10H21N7O2S/c1-4-5-12-8-14-9(13-6-7-20(11,18)19)16-10(15-8)17(2)3/h4-7H2,1-3H3,(H2,11,18,19)(H2,12,13,14,15,16). The summed E-state index contributed by atoms with van der Waals surface area (Å²) in [5.41, 5.74) is 0. The van der Waals surface area contributed by atoms with Gasteiger partial charge in [0.2, 0.25) is 27.9 Å². The first-order valence-corrected chi connectivity index (χ1v) is 7.95. The number of hydrogen-bond donors (Lipinski definition) is 3. The van der Waals surface area contributed by atoms with Gasteiger partial charge in [0.15, 0.2) is 0 Å². The van der Waals surface area contributed by atoms with Crippen molar-refractivity contribution in [1.82, 2.24) is 15.0 Å². The van der Waals surface area contributed by atoms with Gasteiger partial charge in [-0.05, 0) is 6.42 Å². The molecule has 20 heavy (non-hydrogen) atoms. The van der Waals surface area contributed by atoms with Crippen LogP contribution in [0.2, 0.25) is 0 Å². The first kappa shape index (κ1) is 16.4. The number of nitrogens with one attached hydrogen (secondary N) is 2. The SMILES string of the molecule is CCCNc1nc(NCCS(N)(=O)=O)nc(N(C)C)n1. The third-order valence-electron chi connectivity index (χ3n) is 2.23. The molecule has 0 saturated carbocycles. The van der Waals surface area contributed by atoms with Crippen LogP contribution in [0.1, 0.15) is 13.3 Å². The zero-order valence-corrected chi connectivity index (χ0v) is 12.7. The molecule has 1 rings (SSSR count). The average molecular weight is 303 g/mol. The van der Waals surface area contributed by atoms with Crippen LogP contribution in [-0.4, -0.2) is 56.3 Å². The van der Waals surface area contributed by atoms with Crippen molar-refractivity contribution in [2.24, 2.45) is 5.14 Å². The number of rotatable bonds is 8. The average Bonchev–Trinajstić information content (AvgIpc) is 2.34. The lowest BCUT2D eigenvalue weighted by Crippen LogP contribution is -2.24. The molecule has 0 aliphatic carbocycles. The van der Waals surface area contributed by atoms with E-state index < -0.39 is 10.0 Å². The maximum Gasteiger partial charge on any atom is 0.231 e. The molecule has 9 nitrogen and oxygen atoms in total. The second kappa shape index (κ2) is 7.20. The molecule has 0 bridgehead atoms.